The van der Waals surface area contributed by atoms with E-state index >= 15 is 0 Å². The lowest BCUT2D eigenvalue weighted by Crippen LogP contribution is -2.47. The van der Waals surface area contributed by atoms with Crippen LogP contribution in [-0.2, 0) is 21.4 Å². The van der Waals surface area contributed by atoms with Gasteiger partial charge in [0.25, 0.3) is 5.91 Å². The first kappa shape index (κ1) is 23.8. The lowest BCUT2D eigenvalue weighted by Gasteiger charge is -2.32. The lowest BCUT2D eigenvalue weighted by atomic mass is 10.1. The van der Waals surface area contributed by atoms with Crippen LogP contribution in [-0.4, -0.2) is 80.4 Å². The normalized spacial score (nSPS) is 15.1. The molecule has 2 amide bonds. The van der Waals surface area contributed by atoms with Crippen molar-refractivity contribution in [3.05, 3.63) is 65.5 Å². The van der Waals surface area contributed by atoms with E-state index in [1.807, 2.05) is 7.05 Å². The Labute approximate surface area is 187 Å². The fourth-order valence-electron chi connectivity index (χ4n) is 3.33. The van der Waals surface area contributed by atoms with E-state index in [1.54, 1.807) is 29.2 Å². The van der Waals surface area contributed by atoms with E-state index in [-0.39, 0.29) is 12.5 Å². The molecule has 1 fully saturated rings. The van der Waals surface area contributed by atoms with Gasteiger partial charge in [-0.3, -0.25) is 9.59 Å². The summed E-state index contributed by atoms with van der Waals surface area (Å²) in [6.45, 7) is 2.55. The van der Waals surface area contributed by atoms with Gasteiger partial charge in [0.05, 0.1) is 12.8 Å². The molecule has 1 aliphatic rings. The second kappa shape index (κ2) is 10.2. The number of benzene rings is 2. The van der Waals surface area contributed by atoms with E-state index in [0.29, 0.717) is 29.9 Å². The van der Waals surface area contributed by atoms with Crippen LogP contribution in [0.4, 0.5) is 10.1 Å². The third-order valence-electron chi connectivity index (χ3n) is 5.27. The van der Waals surface area contributed by atoms with Crippen molar-refractivity contribution in [1.29, 1.82) is 0 Å². The molecular weight excluding hydrogens is 435 g/mol. The molecule has 1 aliphatic heterocycles. The number of hydrogen-bond acceptors (Lipinski definition) is 5. The first-order valence-corrected chi connectivity index (χ1v) is 12.0. The molecule has 1 heterocycles. The minimum atomic E-state index is -3.67. The molecule has 0 aliphatic carbocycles. The fourth-order valence-corrected chi connectivity index (χ4v) is 4.07. The van der Waals surface area contributed by atoms with Crippen LogP contribution in [0.2, 0.25) is 0 Å². The molecule has 10 heteroatoms. The SMILES string of the molecule is CN1CCN(C(=O)c2ccc(NC(=O)CN(Cc3ccc(F)cc3)S(C)(=O)=O)cc2)CC1. The number of anilines is 1. The van der Waals surface area contributed by atoms with E-state index < -0.39 is 28.3 Å². The van der Waals surface area contributed by atoms with E-state index in [4.69, 9.17) is 0 Å². The molecule has 0 unspecified atom stereocenters. The molecule has 0 aromatic heterocycles. The van der Waals surface area contributed by atoms with E-state index in [0.717, 1.165) is 23.7 Å². The van der Waals surface area contributed by atoms with Crippen LogP contribution in [0.5, 0.6) is 0 Å². The molecule has 1 saturated heterocycles. The van der Waals surface area contributed by atoms with Crippen molar-refractivity contribution in [1.82, 2.24) is 14.1 Å². The predicted octanol–water partition coefficient (Wildman–Crippen LogP) is 1.61. The van der Waals surface area contributed by atoms with Crippen LogP contribution in [0.1, 0.15) is 15.9 Å². The summed E-state index contributed by atoms with van der Waals surface area (Å²) in [5.74, 6) is -0.999. The molecule has 2 aromatic carbocycles. The Morgan fingerprint density at radius 2 is 1.59 bits per heavy atom. The molecule has 0 bridgehead atoms. The first-order valence-electron chi connectivity index (χ1n) is 10.2. The second-order valence-corrected chi connectivity index (χ2v) is 9.86. The Hall–Kier alpha value is -2.82. The number of piperazine rings is 1. The zero-order chi connectivity index (χ0) is 23.3. The van der Waals surface area contributed by atoms with Crippen LogP contribution < -0.4 is 5.32 Å². The molecular formula is C22H27FN4O4S. The summed E-state index contributed by atoms with van der Waals surface area (Å²) in [4.78, 5) is 29.0. The number of nitrogens with zero attached hydrogens (tertiary/aromatic N) is 3. The summed E-state index contributed by atoms with van der Waals surface area (Å²) in [7, 11) is -1.65. The van der Waals surface area contributed by atoms with Crippen LogP contribution in [0, 0.1) is 5.82 Å². The summed E-state index contributed by atoms with van der Waals surface area (Å²) in [5.41, 5.74) is 1.55. The monoisotopic (exact) mass is 462 g/mol. The number of carbonyl (C=O) groups is 2. The van der Waals surface area contributed by atoms with Gasteiger partial charge in [0.2, 0.25) is 15.9 Å². The Morgan fingerprint density at radius 1 is 1.00 bits per heavy atom. The third-order valence-corrected chi connectivity index (χ3v) is 6.46. The molecule has 0 spiro atoms. The van der Waals surface area contributed by atoms with Gasteiger partial charge in [-0.05, 0) is 49.0 Å². The molecule has 1 N–H and O–H groups in total. The van der Waals surface area contributed by atoms with Gasteiger partial charge in [0.15, 0.2) is 0 Å². The number of carbonyl (C=O) groups excluding carboxylic acids is 2. The Morgan fingerprint density at radius 3 is 2.16 bits per heavy atom. The quantitative estimate of drug-likeness (QED) is 0.675. The van der Waals surface area contributed by atoms with Gasteiger partial charge < -0.3 is 15.1 Å². The van der Waals surface area contributed by atoms with Crippen molar-refractivity contribution in [2.45, 2.75) is 6.54 Å². The Bertz CT molecular complexity index is 1050. The van der Waals surface area contributed by atoms with E-state index in [9.17, 15) is 22.4 Å². The summed E-state index contributed by atoms with van der Waals surface area (Å²) in [6.07, 6.45) is 1.02. The molecule has 3 rings (SSSR count). The summed E-state index contributed by atoms with van der Waals surface area (Å²) < 4.78 is 38.3. The number of sulfonamides is 1. The molecule has 8 nitrogen and oxygen atoms in total. The van der Waals surface area contributed by atoms with Gasteiger partial charge in [-0.15, -0.1) is 0 Å². The van der Waals surface area contributed by atoms with Crippen molar-refractivity contribution in [3.8, 4) is 0 Å². The van der Waals surface area contributed by atoms with Gasteiger partial charge in [-0.2, -0.15) is 4.31 Å². The zero-order valence-corrected chi connectivity index (χ0v) is 18.9. The van der Waals surface area contributed by atoms with Gasteiger partial charge >= 0.3 is 0 Å². The largest absolute Gasteiger partial charge is 0.336 e. The first-order chi connectivity index (χ1) is 15.1. The number of likely N-dealkylation sites (N-methyl/N-ethyl adjacent to an activating group) is 1. The lowest BCUT2D eigenvalue weighted by molar-refractivity contribution is -0.116. The number of amides is 2. The fraction of sp³-hybridized carbons (Fsp3) is 0.364. The topological polar surface area (TPSA) is 90.0 Å². The van der Waals surface area contributed by atoms with Gasteiger partial charge in [0, 0.05) is 44.0 Å². The Kier molecular flexibility index (Phi) is 7.60. The van der Waals surface area contributed by atoms with Crippen molar-refractivity contribution in [2.75, 3.05) is 51.3 Å². The molecule has 0 atom stereocenters. The predicted molar refractivity (Wildman–Crippen MR) is 120 cm³/mol. The minimum absolute atomic E-state index is 0.0506. The number of halogens is 1. The smallest absolute Gasteiger partial charge is 0.253 e. The van der Waals surface area contributed by atoms with Crippen LogP contribution in [0.3, 0.4) is 0 Å². The average Bonchev–Trinajstić information content (AvgIpc) is 2.75. The zero-order valence-electron chi connectivity index (χ0n) is 18.1. The van der Waals surface area contributed by atoms with Crippen molar-refractivity contribution in [2.24, 2.45) is 0 Å². The Balaban J connectivity index is 1.60. The van der Waals surface area contributed by atoms with Crippen molar-refractivity contribution in [3.63, 3.8) is 0 Å². The van der Waals surface area contributed by atoms with Crippen molar-refractivity contribution >= 4 is 27.5 Å². The molecule has 0 radical (unpaired) electrons. The number of rotatable bonds is 7. The standard InChI is InChI=1S/C22H27FN4O4S/c1-25-11-13-26(14-12-25)22(29)18-5-9-20(10-6-18)24-21(28)16-27(32(2,30)31)15-17-3-7-19(23)8-4-17/h3-10H,11-16H2,1-2H3,(H,24,28). The van der Waals surface area contributed by atoms with Crippen LogP contribution >= 0.6 is 0 Å². The number of hydrogen-bond donors (Lipinski definition) is 1. The van der Waals surface area contributed by atoms with Crippen LogP contribution in [0.25, 0.3) is 0 Å². The maximum Gasteiger partial charge on any atom is 0.253 e. The molecule has 172 valence electrons. The maximum atomic E-state index is 13.1. The van der Waals surface area contributed by atoms with Gasteiger partial charge in [-0.25, -0.2) is 12.8 Å². The molecule has 0 saturated carbocycles. The van der Waals surface area contributed by atoms with Gasteiger partial charge in [-0.1, -0.05) is 12.1 Å². The second-order valence-electron chi connectivity index (χ2n) is 7.88. The third kappa shape index (κ3) is 6.59. The van der Waals surface area contributed by atoms with E-state index in [1.165, 1.54) is 24.3 Å². The van der Waals surface area contributed by atoms with Crippen molar-refractivity contribution < 1.29 is 22.4 Å². The summed E-state index contributed by atoms with van der Waals surface area (Å²) in [5, 5.41) is 2.65. The molecule has 2 aromatic rings. The minimum Gasteiger partial charge on any atom is -0.336 e. The average molecular weight is 463 g/mol. The highest BCUT2D eigenvalue weighted by molar-refractivity contribution is 7.88. The number of nitrogens with one attached hydrogen (secondary N) is 1. The molecule has 32 heavy (non-hydrogen) atoms. The van der Waals surface area contributed by atoms with Gasteiger partial charge in [0.1, 0.15) is 5.82 Å². The highest BCUT2D eigenvalue weighted by Crippen LogP contribution is 2.14. The summed E-state index contributed by atoms with van der Waals surface area (Å²) >= 11 is 0. The maximum absolute atomic E-state index is 13.1. The highest BCUT2D eigenvalue weighted by Gasteiger charge is 2.22. The summed E-state index contributed by atoms with van der Waals surface area (Å²) in [6, 6.07) is 11.9. The highest BCUT2D eigenvalue weighted by atomic mass is 32.2. The van der Waals surface area contributed by atoms with E-state index in [2.05, 4.69) is 10.2 Å². The van der Waals surface area contributed by atoms with Crippen LogP contribution in [0.15, 0.2) is 48.5 Å².